The molecule has 0 amide bonds. The molecule has 1 rings (SSSR count). The van der Waals surface area contributed by atoms with Crippen LogP contribution < -0.4 is 0 Å². The summed E-state index contributed by atoms with van der Waals surface area (Å²) in [6, 6.07) is 0. The average molecular weight is 192 g/mol. The van der Waals surface area contributed by atoms with E-state index < -0.39 is 0 Å². The Kier molecular flexibility index (Phi) is 3.02. The molecule has 74 valence electrons. The lowest BCUT2D eigenvalue weighted by Crippen LogP contribution is -2.07. The predicted molar refractivity (Wildman–Crippen MR) is 52.4 cm³/mol. The summed E-state index contributed by atoms with van der Waals surface area (Å²) in [5.74, 6) is 0.0218. The Morgan fingerprint density at radius 3 is 2.50 bits per heavy atom. The van der Waals surface area contributed by atoms with Gasteiger partial charge < -0.3 is 4.74 Å². The Hall–Kier alpha value is -1.64. The summed E-state index contributed by atoms with van der Waals surface area (Å²) in [6.07, 6.45) is 5.04. The van der Waals surface area contributed by atoms with Crippen molar-refractivity contribution in [3.8, 4) is 0 Å². The summed E-state index contributed by atoms with van der Waals surface area (Å²) in [5, 5.41) is 0. The van der Waals surface area contributed by atoms with Crippen LogP contribution in [0, 0.1) is 0 Å². The third kappa shape index (κ3) is 1.82. The van der Waals surface area contributed by atoms with Gasteiger partial charge in [0.15, 0.2) is 11.5 Å². The minimum atomic E-state index is -0.326. The van der Waals surface area contributed by atoms with Crippen molar-refractivity contribution in [3.63, 3.8) is 0 Å². The number of hydrogen-bond acceptors (Lipinski definition) is 3. The number of Topliss-reactive ketones (excluding diaryl/α,β-unsaturated/α-hetero) is 2. The molecule has 0 radical (unpaired) electrons. The molecule has 0 bridgehead atoms. The summed E-state index contributed by atoms with van der Waals surface area (Å²) in [7, 11) is 0. The highest BCUT2D eigenvalue weighted by molar-refractivity contribution is 6.26. The van der Waals surface area contributed by atoms with Gasteiger partial charge in [0.25, 0.3) is 0 Å². The molecule has 0 aromatic carbocycles. The number of allylic oxidation sites excluding steroid dienone is 5. The summed E-state index contributed by atoms with van der Waals surface area (Å²) in [5.41, 5.74) is 0.153. The van der Waals surface area contributed by atoms with Crippen molar-refractivity contribution in [1.82, 2.24) is 0 Å². The number of carbonyl (C=O) groups is 2. The predicted octanol–water partition coefficient (Wildman–Crippen LogP) is 1.91. The zero-order chi connectivity index (χ0) is 10.7. The van der Waals surface area contributed by atoms with Gasteiger partial charge in [0.1, 0.15) is 11.3 Å². The van der Waals surface area contributed by atoms with Crippen LogP contribution in [0.1, 0.15) is 20.8 Å². The zero-order valence-electron chi connectivity index (χ0n) is 8.46. The number of ketones is 2. The lowest BCUT2D eigenvalue weighted by atomic mass is 10.1. The van der Waals surface area contributed by atoms with E-state index in [-0.39, 0.29) is 22.9 Å². The maximum Gasteiger partial charge on any atom is 0.235 e. The van der Waals surface area contributed by atoms with Gasteiger partial charge in [-0.25, -0.2) is 0 Å². The van der Waals surface area contributed by atoms with Crippen molar-refractivity contribution in [2.75, 3.05) is 0 Å². The van der Waals surface area contributed by atoms with Crippen LogP contribution >= 0.6 is 0 Å². The van der Waals surface area contributed by atoms with Gasteiger partial charge in [0.05, 0.1) is 0 Å². The molecule has 3 heteroatoms. The maximum absolute atomic E-state index is 11.6. The number of rotatable bonds is 2. The lowest BCUT2D eigenvalue weighted by molar-refractivity contribution is -0.118. The molecule has 0 spiro atoms. The Balaban J connectivity index is 3.00. The first kappa shape index (κ1) is 10.4. The van der Waals surface area contributed by atoms with Gasteiger partial charge in [-0.05, 0) is 26.8 Å². The highest BCUT2D eigenvalue weighted by Gasteiger charge is 2.30. The van der Waals surface area contributed by atoms with E-state index in [1.54, 1.807) is 25.2 Å². The lowest BCUT2D eigenvalue weighted by Gasteiger charge is -1.94. The van der Waals surface area contributed by atoms with E-state index in [4.69, 9.17) is 4.74 Å². The third-order valence-corrected chi connectivity index (χ3v) is 1.86. The summed E-state index contributed by atoms with van der Waals surface area (Å²) in [6.45, 7) is 4.81. The molecule has 14 heavy (non-hydrogen) atoms. The van der Waals surface area contributed by atoms with E-state index in [0.717, 1.165) is 0 Å². The van der Waals surface area contributed by atoms with Gasteiger partial charge in [-0.15, -0.1) is 0 Å². The maximum atomic E-state index is 11.6. The van der Waals surface area contributed by atoms with Gasteiger partial charge >= 0.3 is 0 Å². The molecule has 0 aromatic rings. The van der Waals surface area contributed by atoms with Crippen LogP contribution in [0.2, 0.25) is 0 Å². The highest BCUT2D eigenvalue weighted by atomic mass is 16.5. The van der Waals surface area contributed by atoms with Gasteiger partial charge in [-0.2, -0.15) is 0 Å². The van der Waals surface area contributed by atoms with Crippen LogP contribution in [-0.2, 0) is 14.3 Å². The van der Waals surface area contributed by atoms with Crippen molar-refractivity contribution in [2.24, 2.45) is 0 Å². The van der Waals surface area contributed by atoms with Crippen molar-refractivity contribution in [2.45, 2.75) is 20.8 Å². The minimum Gasteiger partial charge on any atom is -0.457 e. The van der Waals surface area contributed by atoms with Crippen molar-refractivity contribution < 1.29 is 14.3 Å². The Morgan fingerprint density at radius 2 is 2.07 bits per heavy atom. The number of hydrogen-bond donors (Lipinski definition) is 0. The number of ether oxygens (including phenoxy) is 1. The molecule has 0 fully saturated rings. The van der Waals surface area contributed by atoms with Crippen LogP contribution in [0.5, 0.6) is 0 Å². The van der Waals surface area contributed by atoms with Crippen LogP contribution in [0.25, 0.3) is 0 Å². The second kappa shape index (κ2) is 4.05. The minimum absolute atomic E-state index is 0.153. The standard InChI is InChI=1S/C11H12O3/c1-4-5-6-9-11(13)10(7(2)12)8(3)14-9/h4-6H,1-3H3/b5-4+,9-6+. The quantitative estimate of drug-likeness (QED) is 0.495. The second-order valence-corrected chi connectivity index (χ2v) is 2.98. The largest absolute Gasteiger partial charge is 0.457 e. The van der Waals surface area contributed by atoms with Crippen LogP contribution in [0.3, 0.4) is 0 Å². The normalized spacial score (nSPS) is 19.6. The van der Waals surface area contributed by atoms with E-state index in [1.165, 1.54) is 6.92 Å². The van der Waals surface area contributed by atoms with Crippen molar-refractivity contribution in [1.29, 1.82) is 0 Å². The van der Waals surface area contributed by atoms with E-state index in [9.17, 15) is 9.59 Å². The Morgan fingerprint density at radius 1 is 1.43 bits per heavy atom. The van der Waals surface area contributed by atoms with Gasteiger partial charge in [-0.3, -0.25) is 9.59 Å². The topological polar surface area (TPSA) is 43.4 Å². The summed E-state index contributed by atoms with van der Waals surface area (Å²) >= 11 is 0. The Labute approximate surface area is 82.8 Å². The second-order valence-electron chi connectivity index (χ2n) is 2.98. The third-order valence-electron chi connectivity index (χ3n) is 1.86. The van der Waals surface area contributed by atoms with Crippen LogP contribution in [0.15, 0.2) is 35.3 Å². The molecule has 1 aliphatic heterocycles. The average Bonchev–Trinajstić information content (AvgIpc) is 2.38. The first-order valence-electron chi connectivity index (χ1n) is 4.35. The van der Waals surface area contributed by atoms with Crippen molar-refractivity contribution in [3.05, 3.63) is 35.3 Å². The van der Waals surface area contributed by atoms with E-state index in [0.29, 0.717) is 5.76 Å². The molecule has 0 aromatic heterocycles. The zero-order valence-corrected chi connectivity index (χ0v) is 8.46. The first-order chi connectivity index (χ1) is 6.57. The summed E-state index contributed by atoms with van der Waals surface area (Å²) < 4.78 is 5.17. The van der Waals surface area contributed by atoms with E-state index in [1.807, 2.05) is 6.92 Å². The molecule has 0 saturated carbocycles. The van der Waals surface area contributed by atoms with Crippen LogP contribution in [0.4, 0.5) is 0 Å². The highest BCUT2D eigenvalue weighted by Crippen LogP contribution is 2.24. The fourth-order valence-corrected chi connectivity index (χ4v) is 1.25. The molecule has 0 N–H and O–H groups in total. The Bertz CT molecular complexity index is 370. The van der Waals surface area contributed by atoms with Gasteiger partial charge in [0.2, 0.25) is 5.78 Å². The molecule has 0 unspecified atom stereocenters. The fourth-order valence-electron chi connectivity index (χ4n) is 1.25. The molecular weight excluding hydrogens is 180 g/mol. The van der Waals surface area contributed by atoms with Crippen LogP contribution in [-0.4, -0.2) is 11.6 Å². The molecule has 1 heterocycles. The molecule has 0 aliphatic carbocycles. The van der Waals surface area contributed by atoms with Gasteiger partial charge in [0, 0.05) is 0 Å². The monoisotopic (exact) mass is 192 g/mol. The van der Waals surface area contributed by atoms with E-state index >= 15 is 0 Å². The molecule has 0 atom stereocenters. The molecule has 0 saturated heterocycles. The van der Waals surface area contributed by atoms with Crippen molar-refractivity contribution >= 4 is 11.6 Å². The molecule has 3 nitrogen and oxygen atoms in total. The fraction of sp³-hybridized carbons (Fsp3) is 0.273. The summed E-state index contributed by atoms with van der Waals surface area (Å²) in [4.78, 5) is 22.6. The molecule has 1 aliphatic rings. The van der Waals surface area contributed by atoms with Gasteiger partial charge in [-0.1, -0.05) is 12.2 Å². The molecular formula is C11H12O3. The smallest absolute Gasteiger partial charge is 0.235 e. The van der Waals surface area contributed by atoms with E-state index in [2.05, 4.69) is 0 Å². The first-order valence-corrected chi connectivity index (χ1v) is 4.35. The SMILES string of the molecule is C/C=C/C=C1/OC(C)=C(C(C)=O)C1=O. The number of carbonyl (C=O) groups excluding carboxylic acids is 2.